The zero-order valence-electron chi connectivity index (χ0n) is 32.1. The Kier molecular flexibility index (Phi) is 14.1. The number of amides is 2. The number of aromatic hydroxyl groups is 2. The molecule has 5 unspecified atom stereocenters. The summed E-state index contributed by atoms with van der Waals surface area (Å²) < 4.78 is 22.1. The first kappa shape index (κ1) is 43.4. The Bertz CT molecular complexity index is 2000. The number of carbonyl (C=O) groups excluding carboxylic acids is 4. The second-order valence-electron chi connectivity index (χ2n) is 14.8. The molecule has 0 spiro atoms. The van der Waals surface area contributed by atoms with Gasteiger partial charge in [-0.1, -0.05) is 18.2 Å². The average molecular weight is 919 g/mol. The fourth-order valence-electron chi connectivity index (χ4n) is 7.78. The Morgan fingerprint density at radius 1 is 0.966 bits per heavy atom. The van der Waals surface area contributed by atoms with Crippen molar-refractivity contribution in [1.82, 2.24) is 5.48 Å². The van der Waals surface area contributed by atoms with Gasteiger partial charge >= 0.3 is 317 Å². The molecule has 3 aromatic carbocycles. The quantitative estimate of drug-likeness (QED) is 0.0239. The molecule has 314 valence electrons. The average Bonchev–Trinajstić information content (AvgIpc) is 3.20. The van der Waals surface area contributed by atoms with E-state index in [9.17, 15) is 44.7 Å². The number of halogens is 1. The van der Waals surface area contributed by atoms with Crippen molar-refractivity contribution in [2.45, 2.75) is 105 Å². The molecule has 3 aliphatic rings. The third-order valence-electron chi connectivity index (χ3n) is 10.8. The number of rotatable bonds is 16. The number of fused-ring (bicyclic) bond motifs is 3. The van der Waals surface area contributed by atoms with Gasteiger partial charge in [-0.3, -0.25) is 0 Å². The van der Waals surface area contributed by atoms with Crippen molar-refractivity contribution in [2.75, 3.05) is 19.0 Å². The second kappa shape index (κ2) is 18.8. The Hall–Kier alpha value is -4.21. The van der Waals surface area contributed by atoms with Crippen LogP contribution in [0.5, 0.6) is 17.2 Å². The predicted octanol–water partition coefficient (Wildman–Crippen LogP) is -0.168. The number of hydrogen-bond acceptors (Lipinski definition) is 14. The molecule has 58 heavy (non-hydrogen) atoms. The normalized spacial score (nSPS) is 24.3. The number of phenolic OH excluding ortho intramolecular Hbond substituents is 2. The van der Waals surface area contributed by atoms with Crippen LogP contribution in [-0.4, -0.2) is 96.7 Å². The van der Waals surface area contributed by atoms with Gasteiger partial charge in [-0.15, -0.1) is 0 Å². The first-order valence-corrected chi connectivity index (χ1v) is 21.3. The van der Waals surface area contributed by atoms with Crippen LogP contribution in [0.25, 0.3) is 0 Å². The summed E-state index contributed by atoms with van der Waals surface area (Å²) >= 11 is -1.64. The van der Waals surface area contributed by atoms with Crippen molar-refractivity contribution >= 4 is 29.1 Å². The van der Waals surface area contributed by atoms with Crippen LogP contribution < -0.4 is 42.9 Å². The monoisotopic (exact) mass is 918 g/mol. The molecule has 0 radical (unpaired) electrons. The zero-order chi connectivity index (χ0) is 41.7. The molecule has 2 amide bonds. The third-order valence-corrected chi connectivity index (χ3v) is 13.5. The zero-order valence-corrected chi connectivity index (χ0v) is 34.3. The number of carbonyl (C=O) groups is 4. The number of para-hydroxylation sites is 1. The van der Waals surface area contributed by atoms with Crippen LogP contribution in [-0.2, 0) is 28.7 Å². The van der Waals surface area contributed by atoms with Gasteiger partial charge in [0, 0.05) is 0 Å². The first-order chi connectivity index (χ1) is 27.8. The molecule has 7 atom stereocenters. The molecule has 1 heterocycles. The van der Waals surface area contributed by atoms with E-state index in [0.29, 0.717) is 25.7 Å². The number of aliphatic hydroxyl groups is 3. The van der Waals surface area contributed by atoms with E-state index in [1.807, 2.05) is 30.3 Å². The molecule has 6 rings (SSSR count). The van der Waals surface area contributed by atoms with E-state index in [1.165, 1.54) is 25.3 Å². The van der Waals surface area contributed by atoms with Gasteiger partial charge in [0.1, 0.15) is 0 Å². The number of alkyl halides is 1. The molecule has 0 saturated carbocycles. The third kappa shape index (κ3) is 9.16. The van der Waals surface area contributed by atoms with Crippen LogP contribution >= 0.6 is 0 Å². The Labute approximate surface area is 345 Å². The van der Waals surface area contributed by atoms with Gasteiger partial charge in [0.2, 0.25) is 0 Å². The molecule has 3 aromatic rings. The topological polar surface area (TPSA) is 256 Å². The summed E-state index contributed by atoms with van der Waals surface area (Å²) in [5.74, 6) is -3.18. The SMILES string of the molecule is COc1cccc2c1C(=O)c1c(O)c3c(c(O)c1C2=O)C[C@](O)(C(CO)[I-]ONC(=O)CCCCCCC(=O)Nc1ccccc1)C[C@H]3OC1CC(N)C(O)C(C)O1. The fraction of sp³-hybridized carbons (Fsp3) is 0.463. The summed E-state index contributed by atoms with van der Waals surface area (Å²) in [7, 11) is 1.33. The van der Waals surface area contributed by atoms with Gasteiger partial charge < -0.3 is 0 Å². The summed E-state index contributed by atoms with van der Waals surface area (Å²) in [5.41, 5.74) is 6.23. The number of ether oxygens (including phenoxy) is 3. The van der Waals surface area contributed by atoms with E-state index < -0.39 is 115 Å². The standard InChI is InChI=1S/C41H49IN3O13/c1-21-36(49)25(43)17-31(56-21)57-27-19-41(54,28(20-46)42-58-45-30(48)16-9-4-3-8-15-29(47)44-22-11-6-5-7-12-22)18-24-33(27)40(53)35-34(38(24)51)37(50)23-13-10-14-26(55-2)32(23)39(35)52/h5-7,10-14,21,25,27-28,31,36,46,49,51,53-54H,3-4,8-9,15-20,43H2,1-2H3,(H,44,47)(H,45,48)/q-1/t21?,25?,27-,28?,31?,36?,41-/m1/s1. The molecule has 16 nitrogen and oxygen atoms in total. The van der Waals surface area contributed by atoms with E-state index in [0.717, 1.165) is 12.1 Å². The van der Waals surface area contributed by atoms with Crippen molar-refractivity contribution in [3.63, 3.8) is 0 Å². The number of hydroxylamine groups is 1. The maximum absolute atomic E-state index is 14.0. The van der Waals surface area contributed by atoms with Gasteiger partial charge in [-0.2, -0.15) is 0 Å². The van der Waals surface area contributed by atoms with E-state index in [-0.39, 0.29) is 53.2 Å². The second-order valence-corrected chi connectivity index (χ2v) is 17.3. The number of nitrogens with two attached hydrogens (primary N) is 1. The van der Waals surface area contributed by atoms with Gasteiger partial charge in [-0.05, 0) is 12.1 Å². The van der Waals surface area contributed by atoms with E-state index in [2.05, 4.69) is 10.8 Å². The first-order valence-electron chi connectivity index (χ1n) is 19.2. The van der Waals surface area contributed by atoms with Crippen LogP contribution in [0.15, 0.2) is 48.5 Å². The number of anilines is 1. The molecule has 17 heteroatoms. The molecule has 0 aromatic heterocycles. The fourth-order valence-corrected chi connectivity index (χ4v) is 9.57. The molecule has 1 aliphatic heterocycles. The van der Waals surface area contributed by atoms with Crippen molar-refractivity contribution < 1.29 is 83.7 Å². The number of ketones is 2. The van der Waals surface area contributed by atoms with Crippen molar-refractivity contribution in [3.05, 3.63) is 81.9 Å². The molecule has 9 N–H and O–H groups in total. The Morgan fingerprint density at radius 2 is 1.66 bits per heavy atom. The van der Waals surface area contributed by atoms with E-state index >= 15 is 0 Å². The summed E-state index contributed by atoms with van der Waals surface area (Å²) in [5, 5.41) is 59.8. The number of hydrogen-bond donors (Lipinski definition) is 8. The number of aliphatic hydroxyl groups excluding tert-OH is 2. The van der Waals surface area contributed by atoms with Crippen LogP contribution in [0.2, 0.25) is 0 Å². The van der Waals surface area contributed by atoms with Crippen LogP contribution in [0, 0.1) is 0 Å². The molecular weight excluding hydrogens is 869 g/mol. The summed E-state index contributed by atoms with van der Waals surface area (Å²) in [4.78, 5) is 52.7. The van der Waals surface area contributed by atoms with Gasteiger partial charge in [-0.25, -0.2) is 0 Å². The summed E-state index contributed by atoms with van der Waals surface area (Å²) in [6.45, 7) is 1.00. The summed E-state index contributed by atoms with van der Waals surface area (Å²) in [6.07, 6.45) is -1.59. The predicted molar refractivity (Wildman–Crippen MR) is 203 cm³/mol. The van der Waals surface area contributed by atoms with Crippen molar-refractivity contribution in [1.29, 1.82) is 0 Å². The minimum absolute atomic E-state index is 0.0184. The van der Waals surface area contributed by atoms with Crippen LogP contribution in [0.4, 0.5) is 5.69 Å². The molecule has 1 saturated heterocycles. The van der Waals surface area contributed by atoms with E-state index in [1.54, 1.807) is 6.92 Å². The number of unbranched alkanes of at least 4 members (excludes halogenated alkanes) is 3. The number of nitrogens with one attached hydrogen (secondary N) is 2. The van der Waals surface area contributed by atoms with Gasteiger partial charge in [0.05, 0.1) is 0 Å². The maximum atomic E-state index is 14.0. The minimum atomic E-state index is -1.89. The van der Waals surface area contributed by atoms with Crippen molar-refractivity contribution in [2.24, 2.45) is 5.73 Å². The number of phenols is 2. The van der Waals surface area contributed by atoms with Crippen molar-refractivity contribution in [3.8, 4) is 17.2 Å². The van der Waals surface area contributed by atoms with Crippen LogP contribution in [0.1, 0.15) is 107 Å². The van der Waals surface area contributed by atoms with Gasteiger partial charge in [0.25, 0.3) is 0 Å². The van der Waals surface area contributed by atoms with E-state index in [4.69, 9.17) is 23.1 Å². The number of methoxy groups -OCH3 is 1. The van der Waals surface area contributed by atoms with Crippen LogP contribution in [0.3, 0.4) is 0 Å². The van der Waals surface area contributed by atoms with Gasteiger partial charge in [0.15, 0.2) is 0 Å². The molecular formula is C41H49IN3O13-. The summed E-state index contributed by atoms with van der Waals surface area (Å²) in [6, 6.07) is 12.9. The Morgan fingerprint density at radius 3 is 2.33 bits per heavy atom. The molecule has 1 fully saturated rings. The Balaban J connectivity index is 1.15. The number of benzene rings is 3. The molecule has 2 aliphatic carbocycles. The molecule has 0 bridgehead atoms.